The third-order valence-electron chi connectivity index (χ3n) is 4.68. The van der Waals surface area contributed by atoms with Crippen molar-refractivity contribution in [1.29, 1.82) is 0 Å². The summed E-state index contributed by atoms with van der Waals surface area (Å²) >= 11 is 12.8. The van der Waals surface area contributed by atoms with E-state index in [4.69, 9.17) is 23.2 Å². The Morgan fingerprint density at radius 1 is 0.833 bits per heavy atom. The predicted octanol–water partition coefficient (Wildman–Crippen LogP) is 5.00. The monoisotopic (exact) mass is 362 g/mol. The SMILES string of the molecule is Clc1ccccc1CN(Cc1ccccc1Cl)CC1CCNCC1. The lowest BCUT2D eigenvalue weighted by Crippen LogP contribution is -2.35. The van der Waals surface area contributed by atoms with Gasteiger partial charge in [-0.25, -0.2) is 0 Å². The molecule has 0 atom stereocenters. The number of hydrogen-bond acceptors (Lipinski definition) is 2. The number of halogens is 2. The fourth-order valence-corrected chi connectivity index (χ4v) is 3.74. The molecule has 3 rings (SSSR count). The summed E-state index contributed by atoms with van der Waals surface area (Å²) in [5.41, 5.74) is 2.36. The van der Waals surface area contributed by atoms with Gasteiger partial charge in [-0.05, 0) is 55.1 Å². The molecule has 0 saturated carbocycles. The van der Waals surface area contributed by atoms with Crippen molar-refractivity contribution in [2.24, 2.45) is 5.92 Å². The predicted molar refractivity (Wildman–Crippen MR) is 103 cm³/mol. The van der Waals surface area contributed by atoms with Gasteiger partial charge in [-0.3, -0.25) is 4.90 Å². The Labute approximate surface area is 154 Å². The van der Waals surface area contributed by atoms with Gasteiger partial charge in [0.05, 0.1) is 0 Å². The smallest absolute Gasteiger partial charge is 0.0451 e. The zero-order valence-electron chi connectivity index (χ0n) is 13.8. The third-order valence-corrected chi connectivity index (χ3v) is 5.42. The first-order valence-corrected chi connectivity index (χ1v) is 9.38. The van der Waals surface area contributed by atoms with Gasteiger partial charge in [0.1, 0.15) is 0 Å². The summed E-state index contributed by atoms with van der Waals surface area (Å²) in [6.45, 7) is 5.04. The molecule has 1 heterocycles. The van der Waals surface area contributed by atoms with Crippen LogP contribution < -0.4 is 5.32 Å². The van der Waals surface area contributed by atoms with Crippen LogP contribution in [0.2, 0.25) is 10.0 Å². The second-order valence-electron chi connectivity index (χ2n) is 6.55. The Bertz CT molecular complexity index is 606. The van der Waals surface area contributed by atoms with Crippen molar-refractivity contribution >= 4 is 23.2 Å². The summed E-state index contributed by atoms with van der Waals surface area (Å²) in [5.74, 6) is 0.733. The molecular formula is C20H24Cl2N2. The van der Waals surface area contributed by atoms with E-state index in [2.05, 4.69) is 34.5 Å². The normalized spacial score (nSPS) is 15.8. The summed E-state index contributed by atoms with van der Waals surface area (Å²) in [7, 11) is 0. The molecule has 0 aromatic heterocycles. The number of hydrogen-bond donors (Lipinski definition) is 1. The van der Waals surface area contributed by atoms with Crippen LogP contribution in [0.1, 0.15) is 24.0 Å². The summed E-state index contributed by atoms with van der Waals surface area (Å²) in [6.07, 6.45) is 2.48. The number of nitrogens with one attached hydrogen (secondary N) is 1. The molecule has 2 nitrogen and oxygen atoms in total. The largest absolute Gasteiger partial charge is 0.317 e. The van der Waals surface area contributed by atoms with Crippen molar-refractivity contribution < 1.29 is 0 Å². The summed E-state index contributed by atoms with van der Waals surface area (Å²) < 4.78 is 0. The molecule has 0 spiro atoms. The maximum absolute atomic E-state index is 6.38. The fourth-order valence-electron chi connectivity index (χ4n) is 3.35. The maximum atomic E-state index is 6.38. The van der Waals surface area contributed by atoms with Crippen LogP contribution in [0.3, 0.4) is 0 Å². The van der Waals surface area contributed by atoms with E-state index in [0.717, 1.165) is 48.7 Å². The quantitative estimate of drug-likeness (QED) is 0.777. The Hall–Kier alpha value is -1.06. The van der Waals surface area contributed by atoms with Gasteiger partial charge in [-0.2, -0.15) is 0 Å². The Morgan fingerprint density at radius 3 is 1.83 bits per heavy atom. The number of piperidine rings is 1. The highest BCUT2D eigenvalue weighted by atomic mass is 35.5. The minimum absolute atomic E-state index is 0.733. The molecule has 1 aliphatic heterocycles. The van der Waals surface area contributed by atoms with E-state index >= 15 is 0 Å². The molecule has 24 heavy (non-hydrogen) atoms. The molecule has 0 unspecified atom stereocenters. The Kier molecular flexibility index (Phi) is 6.56. The van der Waals surface area contributed by atoms with E-state index in [1.54, 1.807) is 0 Å². The second-order valence-corrected chi connectivity index (χ2v) is 7.36. The van der Waals surface area contributed by atoms with Gasteiger partial charge in [0, 0.05) is 29.7 Å². The molecule has 2 aromatic rings. The number of rotatable bonds is 6. The third kappa shape index (κ3) is 4.97. The molecule has 1 aliphatic rings. The van der Waals surface area contributed by atoms with Crippen LogP contribution in [-0.4, -0.2) is 24.5 Å². The molecular weight excluding hydrogens is 339 g/mol. The standard InChI is InChI=1S/C20H24Cl2N2/c21-19-7-3-1-5-17(19)14-24(13-16-9-11-23-12-10-16)15-18-6-2-4-8-20(18)22/h1-8,16,23H,9-15H2. The lowest BCUT2D eigenvalue weighted by atomic mass is 9.97. The summed E-state index contributed by atoms with van der Waals surface area (Å²) in [4.78, 5) is 2.48. The molecule has 0 aliphatic carbocycles. The molecule has 128 valence electrons. The number of benzene rings is 2. The van der Waals surface area contributed by atoms with Crippen LogP contribution in [0.5, 0.6) is 0 Å². The van der Waals surface area contributed by atoms with Crippen LogP contribution in [0.25, 0.3) is 0 Å². The van der Waals surface area contributed by atoms with E-state index in [1.165, 1.54) is 24.0 Å². The van der Waals surface area contributed by atoms with Crippen LogP contribution in [0.4, 0.5) is 0 Å². The van der Waals surface area contributed by atoms with E-state index < -0.39 is 0 Å². The van der Waals surface area contributed by atoms with Gasteiger partial charge < -0.3 is 5.32 Å². The van der Waals surface area contributed by atoms with Crippen molar-refractivity contribution in [3.05, 3.63) is 69.7 Å². The van der Waals surface area contributed by atoms with Crippen LogP contribution in [-0.2, 0) is 13.1 Å². The van der Waals surface area contributed by atoms with Crippen molar-refractivity contribution in [2.75, 3.05) is 19.6 Å². The summed E-state index contributed by atoms with van der Waals surface area (Å²) in [5, 5.41) is 5.12. The lowest BCUT2D eigenvalue weighted by Gasteiger charge is -2.30. The highest BCUT2D eigenvalue weighted by molar-refractivity contribution is 6.31. The minimum atomic E-state index is 0.733. The Morgan fingerprint density at radius 2 is 1.33 bits per heavy atom. The van der Waals surface area contributed by atoms with Crippen LogP contribution >= 0.6 is 23.2 Å². The maximum Gasteiger partial charge on any atom is 0.0451 e. The van der Waals surface area contributed by atoms with Gasteiger partial charge in [0.25, 0.3) is 0 Å². The molecule has 1 saturated heterocycles. The van der Waals surface area contributed by atoms with Crippen LogP contribution in [0.15, 0.2) is 48.5 Å². The summed E-state index contributed by atoms with van der Waals surface area (Å²) in [6, 6.07) is 16.2. The fraction of sp³-hybridized carbons (Fsp3) is 0.400. The second kappa shape index (κ2) is 8.87. The van der Waals surface area contributed by atoms with E-state index in [9.17, 15) is 0 Å². The average Bonchev–Trinajstić information content (AvgIpc) is 2.60. The first-order valence-electron chi connectivity index (χ1n) is 8.62. The molecule has 0 bridgehead atoms. The molecule has 0 radical (unpaired) electrons. The molecule has 4 heteroatoms. The van der Waals surface area contributed by atoms with Gasteiger partial charge >= 0.3 is 0 Å². The highest BCUT2D eigenvalue weighted by Gasteiger charge is 2.19. The first kappa shape index (κ1) is 17.8. The Balaban J connectivity index is 1.74. The molecule has 2 aromatic carbocycles. The van der Waals surface area contributed by atoms with Crippen molar-refractivity contribution in [1.82, 2.24) is 10.2 Å². The molecule has 0 amide bonds. The minimum Gasteiger partial charge on any atom is -0.317 e. The van der Waals surface area contributed by atoms with Crippen molar-refractivity contribution in [3.8, 4) is 0 Å². The highest BCUT2D eigenvalue weighted by Crippen LogP contribution is 2.23. The van der Waals surface area contributed by atoms with Crippen molar-refractivity contribution in [2.45, 2.75) is 25.9 Å². The number of nitrogens with zero attached hydrogens (tertiary/aromatic N) is 1. The van der Waals surface area contributed by atoms with Gasteiger partial charge in [0.2, 0.25) is 0 Å². The average molecular weight is 363 g/mol. The molecule has 1 fully saturated rings. The van der Waals surface area contributed by atoms with Gasteiger partial charge in [-0.15, -0.1) is 0 Å². The zero-order valence-corrected chi connectivity index (χ0v) is 15.4. The molecule has 1 N–H and O–H groups in total. The van der Waals surface area contributed by atoms with E-state index in [-0.39, 0.29) is 0 Å². The zero-order chi connectivity index (χ0) is 16.8. The van der Waals surface area contributed by atoms with E-state index in [1.807, 2.05) is 24.3 Å². The first-order chi connectivity index (χ1) is 11.7. The van der Waals surface area contributed by atoms with Gasteiger partial charge in [0.15, 0.2) is 0 Å². The van der Waals surface area contributed by atoms with Crippen LogP contribution in [0, 0.1) is 5.92 Å². The topological polar surface area (TPSA) is 15.3 Å². The van der Waals surface area contributed by atoms with E-state index in [0.29, 0.717) is 0 Å². The van der Waals surface area contributed by atoms with Crippen molar-refractivity contribution in [3.63, 3.8) is 0 Å². The van der Waals surface area contributed by atoms with Gasteiger partial charge in [-0.1, -0.05) is 59.6 Å². The lowest BCUT2D eigenvalue weighted by molar-refractivity contribution is 0.191.